The molecule has 2 rings (SSSR count). The van der Waals surface area contributed by atoms with E-state index in [1.807, 2.05) is 20.8 Å². The Morgan fingerprint density at radius 3 is 2.40 bits per heavy atom. The molecule has 0 aliphatic heterocycles. The van der Waals surface area contributed by atoms with Gasteiger partial charge in [0.2, 0.25) is 5.91 Å². The first-order chi connectivity index (χ1) is 9.29. The minimum absolute atomic E-state index is 0.292. The average Bonchev–Trinajstić information content (AvgIpc) is 2.71. The molecule has 0 unspecified atom stereocenters. The van der Waals surface area contributed by atoms with Gasteiger partial charge >= 0.3 is 5.76 Å². The molecule has 6 nitrogen and oxygen atoms in total. The third-order valence-electron chi connectivity index (χ3n) is 2.94. The fourth-order valence-electron chi connectivity index (χ4n) is 1.91. The van der Waals surface area contributed by atoms with E-state index in [9.17, 15) is 9.59 Å². The lowest BCUT2D eigenvalue weighted by atomic mass is 9.95. The minimum atomic E-state index is -0.492. The van der Waals surface area contributed by atoms with Gasteiger partial charge in [0.25, 0.3) is 0 Å². The van der Waals surface area contributed by atoms with Gasteiger partial charge in [-0.2, -0.15) is 0 Å². The smallest absolute Gasteiger partial charge is 0.366 e. The van der Waals surface area contributed by atoms with Gasteiger partial charge < -0.3 is 5.73 Å². The van der Waals surface area contributed by atoms with Crippen molar-refractivity contribution in [3.63, 3.8) is 0 Å². The third-order valence-corrected chi connectivity index (χ3v) is 2.94. The van der Waals surface area contributed by atoms with Crippen LogP contribution in [0.25, 0.3) is 0 Å². The molecule has 0 radical (unpaired) electrons. The molecule has 106 valence electrons. The highest BCUT2D eigenvalue weighted by molar-refractivity contribution is 5.92. The van der Waals surface area contributed by atoms with E-state index < -0.39 is 11.7 Å². The summed E-state index contributed by atoms with van der Waals surface area (Å²) in [4.78, 5) is 22.7. The molecule has 1 amide bonds. The first-order valence-electron chi connectivity index (χ1n) is 6.25. The van der Waals surface area contributed by atoms with Gasteiger partial charge in [-0.3, -0.25) is 13.9 Å². The Hall–Kier alpha value is -2.37. The first-order valence-corrected chi connectivity index (χ1v) is 6.25. The van der Waals surface area contributed by atoms with Crippen LogP contribution in [0.3, 0.4) is 0 Å². The van der Waals surface area contributed by atoms with Crippen molar-refractivity contribution in [3.8, 4) is 0 Å². The number of primary amides is 1. The number of carbonyl (C=O) groups excluding carboxylic acids is 1. The lowest BCUT2D eigenvalue weighted by Crippen LogP contribution is -2.25. The first kappa shape index (κ1) is 14.0. The summed E-state index contributed by atoms with van der Waals surface area (Å²) in [5, 5.41) is 3.83. The Morgan fingerprint density at radius 2 is 1.90 bits per heavy atom. The number of hydrogen-bond acceptors (Lipinski definition) is 4. The van der Waals surface area contributed by atoms with Crippen molar-refractivity contribution < 1.29 is 9.32 Å². The predicted octanol–water partition coefficient (Wildman–Crippen LogP) is 1.28. The maximum atomic E-state index is 11.7. The Bertz CT molecular complexity index is 675. The summed E-state index contributed by atoms with van der Waals surface area (Å²) >= 11 is 0. The van der Waals surface area contributed by atoms with E-state index in [-0.39, 0.29) is 5.41 Å². The number of hydrogen-bond donors (Lipinski definition) is 1. The van der Waals surface area contributed by atoms with E-state index in [2.05, 4.69) is 5.16 Å². The van der Waals surface area contributed by atoms with Gasteiger partial charge in [-0.1, -0.05) is 38.1 Å². The van der Waals surface area contributed by atoms with Gasteiger partial charge in [-0.05, 0) is 17.7 Å². The van der Waals surface area contributed by atoms with E-state index >= 15 is 0 Å². The molecule has 0 fully saturated rings. The number of nitrogens with two attached hydrogens (primary N) is 1. The molecule has 1 aromatic heterocycles. The van der Waals surface area contributed by atoms with Crippen LogP contribution >= 0.6 is 0 Å². The molecular weight excluding hydrogens is 258 g/mol. The van der Waals surface area contributed by atoms with Crippen molar-refractivity contribution in [2.75, 3.05) is 0 Å². The van der Waals surface area contributed by atoms with Crippen LogP contribution in [0.15, 0.2) is 33.6 Å². The van der Waals surface area contributed by atoms with Crippen LogP contribution in [0.2, 0.25) is 0 Å². The summed E-state index contributed by atoms with van der Waals surface area (Å²) < 4.78 is 6.23. The van der Waals surface area contributed by atoms with Gasteiger partial charge in [0.15, 0.2) is 5.82 Å². The third kappa shape index (κ3) is 2.79. The number of amides is 1. The summed E-state index contributed by atoms with van der Waals surface area (Å²) in [6.07, 6.45) is 0. The largest absolute Gasteiger partial charge is 0.441 e. The van der Waals surface area contributed by atoms with Crippen LogP contribution in [-0.2, 0) is 12.0 Å². The van der Waals surface area contributed by atoms with Crippen molar-refractivity contribution in [1.82, 2.24) is 9.72 Å². The molecule has 1 heterocycles. The van der Waals surface area contributed by atoms with E-state index in [1.54, 1.807) is 24.3 Å². The van der Waals surface area contributed by atoms with E-state index in [4.69, 9.17) is 10.3 Å². The zero-order valence-electron chi connectivity index (χ0n) is 11.7. The quantitative estimate of drug-likeness (QED) is 0.913. The maximum Gasteiger partial charge on any atom is 0.441 e. The SMILES string of the molecule is CC(C)(C)c1noc(=O)n1Cc1ccc(C(N)=O)cc1. The Morgan fingerprint density at radius 1 is 1.30 bits per heavy atom. The molecular formula is C14H17N3O3. The molecule has 0 saturated heterocycles. The molecule has 0 atom stereocenters. The molecule has 20 heavy (non-hydrogen) atoms. The van der Waals surface area contributed by atoms with Gasteiger partial charge in [0.1, 0.15) is 0 Å². The molecule has 0 aliphatic rings. The monoisotopic (exact) mass is 275 g/mol. The number of aromatic nitrogens is 2. The highest BCUT2D eigenvalue weighted by atomic mass is 16.5. The summed E-state index contributed by atoms with van der Waals surface area (Å²) in [5.74, 6) is -0.385. The van der Waals surface area contributed by atoms with Gasteiger partial charge in [0, 0.05) is 11.0 Å². The number of nitrogens with zero attached hydrogens (tertiary/aromatic N) is 2. The summed E-state index contributed by atoms with van der Waals surface area (Å²) in [6.45, 7) is 6.21. The number of benzene rings is 1. The molecule has 0 saturated carbocycles. The maximum absolute atomic E-state index is 11.7. The fraction of sp³-hybridized carbons (Fsp3) is 0.357. The molecule has 1 aromatic carbocycles. The van der Waals surface area contributed by atoms with Crippen LogP contribution in [-0.4, -0.2) is 15.6 Å². The Balaban J connectivity index is 2.33. The highest BCUT2D eigenvalue weighted by Crippen LogP contribution is 2.19. The minimum Gasteiger partial charge on any atom is -0.366 e. The second-order valence-corrected chi connectivity index (χ2v) is 5.67. The van der Waals surface area contributed by atoms with Crippen molar-refractivity contribution in [3.05, 3.63) is 51.8 Å². The van der Waals surface area contributed by atoms with Crippen molar-refractivity contribution in [1.29, 1.82) is 0 Å². The second-order valence-electron chi connectivity index (χ2n) is 5.67. The molecule has 2 N–H and O–H groups in total. The van der Waals surface area contributed by atoms with Crippen LogP contribution in [0.1, 0.15) is 42.5 Å². The van der Waals surface area contributed by atoms with Crippen LogP contribution in [0.4, 0.5) is 0 Å². The zero-order valence-corrected chi connectivity index (χ0v) is 11.7. The zero-order chi connectivity index (χ0) is 14.9. The van der Waals surface area contributed by atoms with Crippen molar-refractivity contribution >= 4 is 5.91 Å². The molecule has 0 spiro atoms. The Kier molecular flexibility index (Phi) is 3.48. The molecule has 0 aliphatic carbocycles. The highest BCUT2D eigenvalue weighted by Gasteiger charge is 2.24. The fourth-order valence-corrected chi connectivity index (χ4v) is 1.91. The van der Waals surface area contributed by atoms with E-state index in [1.165, 1.54) is 4.57 Å². The molecule has 2 aromatic rings. The summed E-state index contributed by atoms with van der Waals surface area (Å²) in [5.41, 5.74) is 6.19. The lowest BCUT2D eigenvalue weighted by Gasteiger charge is -2.17. The lowest BCUT2D eigenvalue weighted by molar-refractivity contribution is 0.100. The normalized spacial score (nSPS) is 11.6. The molecule has 0 bridgehead atoms. The molecule has 6 heteroatoms. The van der Waals surface area contributed by atoms with Crippen molar-refractivity contribution in [2.24, 2.45) is 5.73 Å². The van der Waals surface area contributed by atoms with Gasteiger partial charge in [-0.15, -0.1) is 0 Å². The number of rotatable bonds is 3. The topological polar surface area (TPSA) is 91.1 Å². The van der Waals surface area contributed by atoms with Crippen LogP contribution in [0.5, 0.6) is 0 Å². The second kappa shape index (κ2) is 4.96. The Labute approximate surface area is 116 Å². The average molecular weight is 275 g/mol. The predicted molar refractivity (Wildman–Crippen MR) is 73.5 cm³/mol. The van der Waals surface area contributed by atoms with Crippen LogP contribution in [0, 0.1) is 0 Å². The standard InChI is InChI=1S/C14H17N3O3/c1-14(2,3)12-16-20-13(19)17(12)8-9-4-6-10(7-5-9)11(15)18/h4-7H,8H2,1-3H3,(H2,15,18). The van der Waals surface area contributed by atoms with Gasteiger partial charge in [-0.25, -0.2) is 4.79 Å². The van der Waals surface area contributed by atoms with Crippen LogP contribution < -0.4 is 11.5 Å². The van der Waals surface area contributed by atoms with E-state index in [0.717, 1.165) is 5.56 Å². The van der Waals surface area contributed by atoms with Crippen molar-refractivity contribution in [2.45, 2.75) is 32.7 Å². The van der Waals surface area contributed by atoms with Gasteiger partial charge in [0.05, 0.1) is 6.54 Å². The number of carbonyl (C=O) groups is 1. The summed E-state index contributed by atoms with van der Waals surface area (Å²) in [6, 6.07) is 6.78. The summed E-state index contributed by atoms with van der Waals surface area (Å²) in [7, 11) is 0. The van der Waals surface area contributed by atoms with E-state index in [0.29, 0.717) is 17.9 Å².